The fourth-order valence-corrected chi connectivity index (χ4v) is 1.01. The number of hydrogen-bond donors (Lipinski definition) is 2. The Labute approximate surface area is 116 Å². The second-order valence-corrected chi connectivity index (χ2v) is 4.92. The monoisotopic (exact) mass is 343 g/mol. The van der Waals surface area contributed by atoms with E-state index in [0.717, 1.165) is 13.0 Å². The Bertz CT molecular complexity index is 200. The van der Waals surface area contributed by atoms with Gasteiger partial charge in [-0.3, -0.25) is 4.99 Å². The maximum absolute atomic E-state index is 5.70. The molecule has 0 rings (SSSR count). The quantitative estimate of drug-likeness (QED) is 0.348. The van der Waals surface area contributed by atoms with Gasteiger partial charge in [-0.05, 0) is 41.0 Å². The Kier molecular flexibility index (Phi) is 10.4. The summed E-state index contributed by atoms with van der Waals surface area (Å²) < 4.78 is 5.39. The molecule has 0 bridgehead atoms. The molecule has 0 spiro atoms. The van der Waals surface area contributed by atoms with Crippen molar-refractivity contribution < 1.29 is 4.74 Å². The maximum atomic E-state index is 5.70. The molecule has 0 amide bonds. The van der Waals surface area contributed by atoms with Crippen molar-refractivity contribution in [2.75, 3.05) is 13.2 Å². The zero-order chi connectivity index (χ0) is 11.9. The van der Waals surface area contributed by atoms with Gasteiger partial charge in [-0.2, -0.15) is 0 Å². The van der Waals surface area contributed by atoms with Crippen LogP contribution in [0.25, 0.3) is 0 Å². The van der Waals surface area contributed by atoms with Crippen LogP contribution in [0.3, 0.4) is 0 Å². The molecule has 0 aliphatic carbocycles. The molecular formula is C11H26IN3O. The Balaban J connectivity index is 0. The minimum absolute atomic E-state index is 0. The molecule has 0 atom stereocenters. The zero-order valence-corrected chi connectivity index (χ0v) is 13.4. The Morgan fingerprint density at radius 3 is 2.38 bits per heavy atom. The molecule has 0 unspecified atom stereocenters. The predicted octanol–water partition coefficient (Wildman–Crippen LogP) is 2.12. The number of ether oxygens (including phenoxy) is 1. The summed E-state index contributed by atoms with van der Waals surface area (Å²) in [5.41, 5.74) is 5.67. The van der Waals surface area contributed by atoms with Gasteiger partial charge in [0.25, 0.3) is 0 Å². The molecule has 16 heavy (non-hydrogen) atoms. The fourth-order valence-electron chi connectivity index (χ4n) is 1.01. The van der Waals surface area contributed by atoms with Crippen LogP contribution in [0.2, 0.25) is 0 Å². The van der Waals surface area contributed by atoms with Crippen LogP contribution in [0.4, 0.5) is 0 Å². The van der Waals surface area contributed by atoms with Gasteiger partial charge < -0.3 is 15.8 Å². The van der Waals surface area contributed by atoms with Gasteiger partial charge in [0.05, 0.1) is 6.10 Å². The lowest BCUT2D eigenvalue weighted by Gasteiger charge is -2.20. The van der Waals surface area contributed by atoms with Crippen LogP contribution in [0.15, 0.2) is 4.99 Å². The first-order valence-corrected chi connectivity index (χ1v) is 5.51. The Hall–Kier alpha value is -0.0400. The van der Waals surface area contributed by atoms with Crippen molar-refractivity contribution in [3.05, 3.63) is 0 Å². The van der Waals surface area contributed by atoms with Crippen molar-refractivity contribution in [2.24, 2.45) is 10.7 Å². The predicted molar refractivity (Wildman–Crippen MR) is 80.5 cm³/mol. The van der Waals surface area contributed by atoms with Gasteiger partial charge in [0.2, 0.25) is 0 Å². The van der Waals surface area contributed by atoms with Gasteiger partial charge in [-0.25, -0.2) is 0 Å². The summed E-state index contributed by atoms with van der Waals surface area (Å²) in [6.45, 7) is 11.7. The molecule has 98 valence electrons. The summed E-state index contributed by atoms with van der Waals surface area (Å²) in [5, 5.41) is 3.11. The zero-order valence-electron chi connectivity index (χ0n) is 11.0. The van der Waals surface area contributed by atoms with E-state index in [1.807, 2.05) is 13.8 Å². The second kappa shape index (κ2) is 9.04. The fraction of sp³-hybridized carbons (Fsp3) is 0.909. The van der Waals surface area contributed by atoms with Gasteiger partial charge in [0, 0.05) is 18.7 Å². The van der Waals surface area contributed by atoms with Gasteiger partial charge in [0.1, 0.15) is 0 Å². The molecule has 0 aromatic rings. The third kappa shape index (κ3) is 14.0. The van der Waals surface area contributed by atoms with Crippen molar-refractivity contribution in [3.63, 3.8) is 0 Å². The first-order valence-electron chi connectivity index (χ1n) is 5.51. The topological polar surface area (TPSA) is 59.6 Å². The lowest BCUT2D eigenvalue weighted by molar-refractivity contribution is 0.0783. The standard InChI is InChI=1S/C11H25N3O.HI/c1-9(2)15-8-6-7-13-10(12)14-11(3,4)5;/h9H,6-8H2,1-5H3,(H3,12,13,14);1H. The molecule has 0 fully saturated rings. The van der Waals surface area contributed by atoms with E-state index < -0.39 is 0 Å². The van der Waals surface area contributed by atoms with Gasteiger partial charge in [-0.15, -0.1) is 24.0 Å². The van der Waals surface area contributed by atoms with E-state index in [4.69, 9.17) is 10.5 Å². The minimum Gasteiger partial charge on any atom is -0.379 e. The van der Waals surface area contributed by atoms with Crippen molar-refractivity contribution in [3.8, 4) is 0 Å². The highest BCUT2D eigenvalue weighted by molar-refractivity contribution is 14.0. The smallest absolute Gasteiger partial charge is 0.188 e. The highest BCUT2D eigenvalue weighted by Crippen LogP contribution is 1.97. The first kappa shape index (κ1) is 18.3. The number of aliphatic imine (C=N–C) groups is 1. The van der Waals surface area contributed by atoms with E-state index in [2.05, 4.69) is 31.1 Å². The van der Waals surface area contributed by atoms with Gasteiger partial charge in [0.15, 0.2) is 5.96 Å². The number of guanidine groups is 1. The number of halogens is 1. The average molecular weight is 343 g/mol. The van der Waals surface area contributed by atoms with Gasteiger partial charge in [-0.1, -0.05) is 0 Å². The van der Waals surface area contributed by atoms with Gasteiger partial charge >= 0.3 is 0 Å². The van der Waals surface area contributed by atoms with Crippen LogP contribution in [-0.4, -0.2) is 30.8 Å². The maximum Gasteiger partial charge on any atom is 0.188 e. The molecule has 0 aromatic heterocycles. The highest BCUT2D eigenvalue weighted by Gasteiger charge is 2.09. The van der Waals surface area contributed by atoms with Crippen LogP contribution in [0.1, 0.15) is 41.0 Å². The largest absolute Gasteiger partial charge is 0.379 e. The molecule has 0 aliphatic rings. The number of nitrogens with one attached hydrogen (secondary N) is 1. The number of nitrogens with two attached hydrogens (primary N) is 1. The van der Waals surface area contributed by atoms with E-state index in [0.29, 0.717) is 18.6 Å². The summed E-state index contributed by atoms with van der Waals surface area (Å²) in [7, 11) is 0. The molecule has 4 nitrogen and oxygen atoms in total. The molecule has 3 N–H and O–H groups in total. The van der Waals surface area contributed by atoms with Crippen LogP contribution in [-0.2, 0) is 4.74 Å². The van der Waals surface area contributed by atoms with Crippen LogP contribution in [0, 0.1) is 0 Å². The van der Waals surface area contributed by atoms with Crippen LogP contribution < -0.4 is 11.1 Å². The lowest BCUT2D eigenvalue weighted by Crippen LogP contribution is -2.45. The third-order valence-electron chi connectivity index (χ3n) is 1.54. The molecular weight excluding hydrogens is 317 g/mol. The second-order valence-electron chi connectivity index (χ2n) is 4.92. The Morgan fingerprint density at radius 2 is 1.94 bits per heavy atom. The molecule has 5 heteroatoms. The van der Waals surface area contributed by atoms with Crippen LogP contribution >= 0.6 is 24.0 Å². The van der Waals surface area contributed by atoms with E-state index in [-0.39, 0.29) is 29.5 Å². The molecule has 0 aromatic carbocycles. The Morgan fingerprint density at radius 1 is 1.38 bits per heavy atom. The van der Waals surface area contributed by atoms with E-state index >= 15 is 0 Å². The summed E-state index contributed by atoms with van der Waals surface area (Å²) in [6, 6.07) is 0. The summed E-state index contributed by atoms with van der Waals surface area (Å²) in [4.78, 5) is 4.21. The molecule has 0 heterocycles. The molecule has 0 radical (unpaired) electrons. The number of rotatable bonds is 5. The average Bonchev–Trinajstić information content (AvgIpc) is 1.99. The van der Waals surface area contributed by atoms with Crippen molar-refractivity contribution in [2.45, 2.75) is 52.7 Å². The first-order chi connectivity index (χ1) is 6.81. The van der Waals surface area contributed by atoms with E-state index in [9.17, 15) is 0 Å². The molecule has 0 saturated heterocycles. The van der Waals surface area contributed by atoms with Crippen LogP contribution in [0.5, 0.6) is 0 Å². The molecule has 0 aliphatic heterocycles. The van der Waals surface area contributed by atoms with E-state index in [1.54, 1.807) is 0 Å². The lowest BCUT2D eigenvalue weighted by atomic mass is 10.1. The highest BCUT2D eigenvalue weighted by atomic mass is 127. The van der Waals surface area contributed by atoms with Crippen molar-refractivity contribution in [1.82, 2.24) is 5.32 Å². The number of hydrogen-bond acceptors (Lipinski definition) is 2. The summed E-state index contributed by atoms with van der Waals surface area (Å²) >= 11 is 0. The third-order valence-corrected chi connectivity index (χ3v) is 1.54. The van der Waals surface area contributed by atoms with E-state index in [1.165, 1.54) is 0 Å². The van der Waals surface area contributed by atoms with Crippen molar-refractivity contribution in [1.29, 1.82) is 0 Å². The SMILES string of the molecule is CC(C)OCCCN=C(N)NC(C)(C)C.I. The summed E-state index contributed by atoms with van der Waals surface area (Å²) in [5.74, 6) is 0.507. The molecule has 0 saturated carbocycles. The summed E-state index contributed by atoms with van der Waals surface area (Å²) in [6.07, 6.45) is 1.20. The van der Waals surface area contributed by atoms with Crippen molar-refractivity contribution >= 4 is 29.9 Å². The normalized spacial score (nSPS) is 12.5. The minimum atomic E-state index is -0.0258. The number of nitrogens with zero attached hydrogens (tertiary/aromatic N) is 1.